The smallest absolute Gasteiger partial charge is 0.313 e. The SMILES string of the molecule is Cc1nnc(C(=O)Nc2ccccc2N2CCOCC2)o1. The Balaban J connectivity index is 1.80. The highest BCUT2D eigenvalue weighted by molar-refractivity contribution is 6.02. The number of para-hydroxylation sites is 2. The molecule has 2 aromatic rings. The maximum Gasteiger partial charge on any atom is 0.313 e. The van der Waals surface area contributed by atoms with Gasteiger partial charge in [-0.3, -0.25) is 4.79 Å². The first-order chi connectivity index (χ1) is 10.2. The van der Waals surface area contributed by atoms with Crippen LogP contribution in [0, 0.1) is 6.92 Å². The highest BCUT2D eigenvalue weighted by Gasteiger charge is 2.18. The number of hydrogen-bond donors (Lipinski definition) is 1. The quantitative estimate of drug-likeness (QED) is 0.921. The molecule has 0 saturated carbocycles. The third-order valence-electron chi connectivity index (χ3n) is 3.22. The number of aryl methyl sites for hydroxylation is 1. The second kappa shape index (κ2) is 5.92. The number of aromatic nitrogens is 2. The number of anilines is 2. The second-order valence-electron chi connectivity index (χ2n) is 4.70. The molecule has 1 aliphatic heterocycles. The summed E-state index contributed by atoms with van der Waals surface area (Å²) in [5.74, 6) is -0.0813. The third kappa shape index (κ3) is 3.03. The van der Waals surface area contributed by atoms with Crippen LogP contribution in [0.3, 0.4) is 0 Å². The fourth-order valence-corrected chi connectivity index (χ4v) is 2.22. The molecule has 1 N–H and O–H groups in total. The lowest BCUT2D eigenvalue weighted by atomic mass is 10.2. The van der Waals surface area contributed by atoms with Gasteiger partial charge in [0, 0.05) is 20.0 Å². The molecule has 21 heavy (non-hydrogen) atoms. The standard InChI is InChI=1S/C14H16N4O3/c1-10-16-17-14(21-10)13(19)15-11-4-2-3-5-12(11)18-6-8-20-9-7-18/h2-5H,6-9H2,1H3,(H,15,19). The van der Waals surface area contributed by atoms with Crippen molar-refractivity contribution in [2.45, 2.75) is 6.92 Å². The highest BCUT2D eigenvalue weighted by atomic mass is 16.5. The minimum atomic E-state index is -0.406. The van der Waals surface area contributed by atoms with Crippen LogP contribution in [0.15, 0.2) is 28.7 Å². The van der Waals surface area contributed by atoms with E-state index in [1.54, 1.807) is 6.92 Å². The van der Waals surface area contributed by atoms with Gasteiger partial charge in [0.15, 0.2) is 0 Å². The van der Waals surface area contributed by atoms with Crippen LogP contribution in [0.4, 0.5) is 11.4 Å². The van der Waals surface area contributed by atoms with Crippen LogP contribution in [-0.4, -0.2) is 42.4 Å². The molecule has 0 aliphatic carbocycles. The van der Waals surface area contributed by atoms with Gasteiger partial charge in [-0.05, 0) is 12.1 Å². The summed E-state index contributed by atoms with van der Waals surface area (Å²) >= 11 is 0. The van der Waals surface area contributed by atoms with E-state index in [1.165, 1.54) is 0 Å². The van der Waals surface area contributed by atoms with E-state index in [0.29, 0.717) is 19.1 Å². The topological polar surface area (TPSA) is 80.5 Å². The predicted octanol–water partition coefficient (Wildman–Crippen LogP) is 1.47. The van der Waals surface area contributed by atoms with E-state index >= 15 is 0 Å². The van der Waals surface area contributed by atoms with Crippen LogP contribution in [0.2, 0.25) is 0 Å². The molecule has 1 aromatic heterocycles. The van der Waals surface area contributed by atoms with Crippen molar-refractivity contribution in [2.24, 2.45) is 0 Å². The number of nitrogens with one attached hydrogen (secondary N) is 1. The molecule has 7 nitrogen and oxygen atoms in total. The van der Waals surface area contributed by atoms with E-state index in [0.717, 1.165) is 24.5 Å². The largest absolute Gasteiger partial charge is 0.417 e. The highest BCUT2D eigenvalue weighted by Crippen LogP contribution is 2.26. The molecule has 3 rings (SSSR count). The molecule has 1 aliphatic rings. The summed E-state index contributed by atoms with van der Waals surface area (Å²) in [5.41, 5.74) is 1.69. The van der Waals surface area contributed by atoms with E-state index in [-0.39, 0.29) is 5.89 Å². The second-order valence-corrected chi connectivity index (χ2v) is 4.70. The van der Waals surface area contributed by atoms with Crippen molar-refractivity contribution >= 4 is 17.3 Å². The Morgan fingerprint density at radius 1 is 1.24 bits per heavy atom. The lowest BCUT2D eigenvalue weighted by Gasteiger charge is -2.30. The Bertz CT molecular complexity index is 635. The van der Waals surface area contributed by atoms with Crippen molar-refractivity contribution in [3.8, 4) is 0 Å². The summed E-state index contributed by atoms with van der Waals surface area (Å²) in [4.78, 5) is 14.3. The number of hydrogen-bond acceptors (Lipinski definition) is 6. The summed E-state index contributed by atoms with van der Waals surface area (Å²) in [6.45, 7) is 4.61. The van der Waals surface area contributed by atoms with Crippen molar-refractivity contribution < 1.29 is 13.9 Å². The summed E-state index contributed by atoms with van der Waals surface area (Å²) in [6, 6.07) is 7.64. The number of benzene rings is 1. The average molecular weight is 288 g/mol. The molecular formula is C14H16N4O3. The molecule has 0 bridgehead atoms. The molecule has 0 spiro atoms. The van der Waals surface area contributed by atoms with Crippen LogP contribution < -0.4 is 10.2 Å². The van der Waals surface area contributed by atoms with Gasteiger partial charge in [-0.15, -0.1) is 10.2 Å². The van der Waals surface area contributed by atoms with Gasteiger partial charge in [-0.2, -0.15) is 0 Å². The molecule has 1 aromatic carbocycles. The van der Waals surface area contributed by atoms with E-state index in [2.05, 4.69) is 20.4 Å². The van der Waals surface area contributed by atoms with Gasteiger partial charge in [0.1, 0.15) is 0 Å². The van der Waals surface area contributed by atoms with E-state index in [9.17, 15) is 4.79 Å². The number of rotatable bonds is 3. The molecule has 110 valence electrons. The Hall–Kier alpha value is -2.41. The van der Waals surface area contributed by atoms with Gasteiger partial charge < -0.3 is 19.4 Å². The zero-order chi connectivity index (χ0) is 14.7. The molecule has 0 radical (unpaired) electrons. The normalized spacial score (nSPS) is 15.0. The monoisotopic (exact) mass is 288 g/mol. The van der Waals surface area contributed by atoms with Gasteiger partial charge >= 0.3 is 11.8 Å². The van der Waals surface area contributed by atoms with Gasteiger partial charge in [-0.25, -0.2) is 0 Å². The first-order valence-electron chi connectivity index (χ1n) is 6.77. The van der Waals surface area contributed by atoms with E-state index < -0.39 is 5.91 Å². The van der Waals surface area contributed by atoms with Crippen molar-refractivity contribution in [3.63, 3.8) is 0 Å². The predicted molar refractivity (Wildman–Crippen MR) is 76.5 cm³/mol. The van der Waals surface area contributed by atoms with Crippen LogP contribution in [-0.2, 0) is 4.74 Å². The lowest BCUT2D eigenvalue weighted by Crippen LogP contribution is -2.36. The number of ether oxygens (including phenoxy) is 1. The van der Waals surface area contributed by atoms with Gasteiger partial charge in [0.05, 0.1) is 24.6 Å². The van der Waals surface area contributed by atoms with E-state index in [1.807, 2.05) is 24.3 Å². The molecule has 2 heterocycles. The molecule has 1 amide bonds. The Kier molecular flexibility index (Phi) is 3.83. The zero-order valence-electron chi connectivity index (χ0n) is 11.7. The number of morpholine rings is 1. The van der Waals surface area contributed by atoms with Crippen LogP contribution in [0.1, 0.15) is 16.6 Å². The number of amides is 1. The Labute approximate surface area is 121 Å². The van der Waals surface area contributed by atoms with Crippen LogP contribution in [0.25, 0.3) is 0 Å². The fraction of sp³-hybridized carbons (Fsp3) is 0.357. The van der Waals surface area contributed by atoms with Crippen molar-refractivity contribution in [3.05, 3.63) is 36.0 Å². The number of carbonyl (C=O) groups is 1. The Morgan fingerprint density at radius 2 is 2.00 bits per heavy atom. The first-order valence-corrected chi connectivity index (χ1v) is 6.77. The van der Waals surface area contributed by atoms with Crippen molar-refractivity contribution in [1.82, 2.24) is 10.2 Å². The minimum absolute atomic E-state index is 0.0377. The lowest BCUT2D eigenvalue weighted by molar-refractivity contribution is 0.0989. The van der Waals surface area contributed by atoms with Gasteiger partial charge in [-0.1, -0.05) is 12.1 Å². The number of nitrogens with zero attached hydrogens (tertiary/aromatic N) is 3. The summed E-state index contributed by atoms with van der Waals surface area (Å²) in [7, 11) is 0. The maximum absolute atomic E-state index is 12.1. The van der Waals surface area contributed by atoms with Crippen molar-refractivity contribution in [2.75, 3.05) is 36.5 Å². The molecule has 1 fully saturated rings. The third-order valence-corrected chi connectivity index (χ3v) is 3.22. The van der Waals surface area contributed by atoms with Gasteiger partial charge in [0.2, 0.25) is 5.89 Å². The Morgan fingerprint density at radius 3 is 2.71 bits per heavy atom. The molecule has 7 heteroatoms. The van der Waals surface area contributed by atoms with Gasteiger partial charge in [0.25, 0.3) is 0 Å². The number of carbonyl (C=O) groups excluding carboxylic acids is 1. The fourth-order valence-electron chi connectivity index (χ4n) is 2.22. The first kappa shape index (κ1) is 13.6. The minimum Gasteiger partial charge on any atom is -0.417 e. The van der Waals surface area contributed by atoms with Crippen molar-refractivity contribution in [1.29, 1.82) is 0 Å². The summed E-state index contributed by atoms with van der Waals surface area (Å²) in [6.07, 6.45) is 0. The summed E-state index contributed by atoms with van der Waals surface area (Å²) < 4.78 is 10.5. The molecular weight excluding hydrogens is 272 g/mol. The maximum atomic E-state index is 12.1. The summed E-state index contributed by atoms with van der Waals surface area (Å²) in [5, 5.41) is 10.2. The van der Waals surface area contributed by atoms with Crippen LogP contribution in [0.5, 0.6) is 0 Å². The average Bonchev–Trinajstić information content (AvgIpc) is 2.95. The van der Waals surface area contributed by atoms with Crippen LogP contribution >= 0.6 is 0 Å². The van der Waals surface area contributed by atoms with E-state index in [4.69, 9.17) is 9.15 Å². The molecule has 0 unspecified atom stereocenters. The zero-order valence-corrected chi connectivity index (χ0v) is 11.7. The molecule has 0 atom stereocenters. The molecule has 1 saturated heterocycles.